The summed E-state index contributed by atoms with van der Waals surface area (Å²) in [5.74, 6) is 0.630. The van der Waals surface area contributed by atoms with Crippen LogP contribution in [0.3, 0.4) is 0 Å². The molecule has 0 fully saturated rings. The number of aromatic nitrogens is 1. The van der Waals surface area contributed by atoms with Gasteiger partial charge in [-0.1, -0.05) is 123 Å². The fraction of sp³-hybridized carbons (Fsp3) is 0.0652. The van der Waals surface area contributed by atoms with Crippen LogP contribution in [0.15, 0.2) is 162 Å². The number of hydrogen-bond donors (Lipinski definition) is 0. The highest BCUT2D eigenvalue weighted by molar-refractivity contribution is 6.23. The zero-order chi connectivity index (χ0) is 32.7. The highest BCUT2D eigenvalue weighted by atomic mass is 16.3. The van der Waals surface area contributed by atoms with Gasteiger partial charge in [0.2, 0.25) is 5.89 Å². The fourth-order valence-corrected chi connectivity index (χ4v) is 8.00. The van der Waals surface area contributed by atoms with Gasteiger partial charge < -0.3 is 9.32 Å². The van der Waals surface area contributed by atoms with Crippen LogP contribution in [0.1, 0.15) is 25.0 Å². The Labute approximate surface area is 284 Å². The minimum absolute atomic E-state index is 0.111. The molecule has 0 unspecified atom stereocenters. The first-order valence-corrected chi connectivity index (χ1v) is 16.9. The van der Waals surface area contributed by atoms with Crippen LogP contribution in [-0.2, 0) is 5.41 Å². The third kappa shape index (κ3) is 4.19. The maximum absolute atomic E-state index is 6.57. The van der Waals surface area contributed by atoms with E-state index in [1.54, 1.807) is 0 Å². The monoisotopic (exact) mass is 628 g/mol. The maximum Gasteiger partial charge on any atom is 0.227 e. The molecule has 0 atom stereocenters. The predicted molar refractivity (Wildman–Crippen MR) is 204 cm³/mol. The van der Waals surface area contributed by atoms with Crippen LogP contribution in [0.25, 0.3) is 66.0 Å². The van der Waals surface area contributed by atoms with Gasteiger partial charge in [0, 0.05) is 38.8 Å². The fourth-order valence-electron chi connectivity index (χ4n) is 8.00. The minimum atomic E-state index is -0.111. The lowest BCUT2D eigenvalue weighted by Crippen LogP contribution is -2.16. The second-order valence-electron chi connectivity index (χ2n) is 13.6. The van der Waals surface area contributed by atoms with Crippen LogP contribution in [0.5, 0.6) is 0 Å². The van der Waals surface area contributed by atoms with Crippen molar-refractivity contribution in [3.8, 4) is 22.6 Å². The molecular weight excluding hydrogens is 597 g/mol. The van der Waals surface area contributed by atoms with Gasteiger partial charge >= 0.3 is 0 Å². The average Bonchev–Trinajstić information content (AvgIpc) is 3.70. The van der Waals surface area contributed by atoms with E-state index in [9.17, 15) is 0 Å². The van der Waals surface area contributed by atoms with Crippen molar-refractivity contribution in [2.75, 3.05) is 4.90 Å². The summed E-state index contributed by atoms with van der Waals surface area (Å²) < 4.78 is 6.57. The van der Waals surface area contributed by atoms with E-state index in [4.69, 9.17) is 9.40 Å². The van der Waals surface area contributed by atoms with E-state index >= 15 is 0 Å². The molecule has 0 N–H and O–H groups in total. The van der Waals surface area contributed by atoms with E-state index in [1.807, 2.05) is 18.2 Å². The second kappa shape index (κ2) is 10.4. The Morgan fingerprint density at radius 3 is 2.00 bits per heavy atom. The Kier molecular flexibility index (Phi) is 5.92. The number of nitrogens with zero attached hydrogens (tertiary/aromatic N) is 2. The van der Waals surface area contributed by atoms with Gasteiger partial charge in [0.05, 0.1) is 0 Å². The number of hydrogen-bond acceptors (Lipinski definition) is 3. The lowest BCUT2D eigenvalue weighted by atomic mass is 9.82. The zero-order valence-electron chi connectivity index (χ0n) is 27.3. The van der Waals surface area contributed by atoms with Crippen molar-refractivity contribution in [1.82, 2.24) is 4.98 Å². The Bertz CT molecular complexity index is 2760. The van der Waals surface area contributed by atoms with Crippen LogP contribution < -0.4 is 4.90 Å². The molecule has 0 spiro atoms. The third-order valence-electron chi connectivity index (χ3n) is 10.4. The molecule has 1 aliphatic rings. The Hall–Kier alpha value is -6.19. The molecule has 8 aromatic carbocycles. The molecule has 9 aromatic rings. The largest absolute Gasteiger partial charge is 0.435 e. The molecule has 49 heavy (non-hydrogen) atoms. The Morgan fingerprint density at radius 1 is 0.490 bits per heavy atom. The molecule has 3 heteroatoms. The van der Waals surface area contributed by atoms with Crippen molar-refractivity contribution in [3.05, 3.63) is 169 Å². The zero-order valence-corrected chi connectivity index (χ0v) is 27.3. The van der Waals surface area contributed by atoms with Crippen molar-refractivity contribution < 1.29 is 4.42 Å². The van der Waals surface area contributed by atoms with Crippen LogP contribution >= 0.6 is 0 Å². The van der Waals surface area contributed by atoms with E-state index < -0.39 is 0 Å². The summed E-state index contributed by atoms with van der Waals surface area (Å²) in [4.78, 5) is 7.55. The van der Waals surface area contributed by atoms with Gasteiger partial charge in [-0.25, -0.2) is 4.98 Å². The van der Waals surface area contributed by atoms with Crippen molar-refractivity contribution in [3.63, 3.8) is 0 Å². The molecule has 0 saturated heterocycles. The quantitative estimate of drug-likeness (QED) is 0.182. The smallest absolute Gasteiger partial charge is 0.227 e. The van der Waals surface area contributed by atoms with Crippen LogP contribution in [0, 0.1) is 0 Å². The average molecular weight is 629 g/mol. The molecule has 0 saturated carbocycles. The number of anilines is 3. The predicted octanol–water partition coefficient (Wildman–Crippen LogP) is 12.7. The summed E-state index contributed by atoms with van der Waals surface area (Å²) in [6.45, 7) is 4.68. The Morgan fingerprint density at radius 2 is 1.12 bits per heavy atom. The van der Waals surface area contributed by atoms with Crippen molar-refractivity contribution in [2.24, 2.45) is 0 Å². The number of fused-ring (bicyclic) bond motifs is 10. The molecule has 1 aromatic heterocycles. The lowest BCUT2D eigenvalue weighted by molar-refractivity contribution is 0.623. The van der Waals surface area contributed by atoms with E-state index in [2.05, 4.69) is 158 Å². The van der Waals surface area contributed by atoms with Crippen molar-refractivity contribution in [1.29, 1.82) is 0 Å². The van der Waals surface area contributed by atoms with Gasteiger partial charge in [-0.2, -0.15) is 0 Å². The van der Waals surface area contributed by atoms with Gasteiger partial charge in [-0.05, 0) is 92.3 Å². The molecule has 3 nitrogen and oxygen atoms in total. The highest BCUT2D eigenvalue weighted by Crippen LogP contribution is 2.51. The molecule has 0 radical (unpaired) electrons. The van der Waals surface area contributed by atoms with Gasteiger partial charge in [0.25, 0.3) is 0 Å². The summed E-state index contributed by atoms with van der Waals surface area (Å²) in [7, 11) is 0. The highest BCUT2D eigenvalue weighted by Gasteiger charge is 2.35. The summed E-state index contributed by atoms with van der Waals surface area (Å²) >= 11 is 0. The molecular formula is C46H32N2O. The van der Waals surface area contributed by atoms with Gasteiger partial charge in [0.15, 0.2) is 5.58 Å². The second-order valence-corrected chi connectivity index (χ2v) is 13.6. The van der Waals surface area contributed by atoms with E-state index in [1.165, 1.54) is 33.0 Å². The van der Waals surface area contributed by atoms with E-state index in [-0.39, 0.29) is 5.41 Å². The number of rotatable bonds is 4. The van der Waals surface area contributed by atoms with Gasteiger partial charge in [-0.15, -0.1) is 0 Å². The molecule has 1 heterocycles. The maximum atomic E-state index is 6.57. The van der Waals surface area contributed by atoms with Gasteiger partial charge in [-0.3, -0.25) is 0 Å². The summed E-state index contributed by atoms with van der Waals surface area (Å²) in [6, 6.07) is 56.6. The Balaban J connectivity index is 1.23. The first-order chi connectivity index (χ1) is 24.0. The van der Waals surface area contributed by atoms with Crippen LogP contribution in [0.2, 0.25) is 0 Å². The molecule has 1 aliphatic carbocycles. The minimum Gasteiger partial charge on any atom is -0.435 e. The topological polar surface area (TPSA) is 29.3 Å². The first-order valence-electron chi connectivity index (χ1n) is 16.9. The van der Waals surface area contributed by atoms with Gasteiger partial charge in [0.1, 0.15) is 5.52 Å². The summed E-state index contributed by atoms with van der Waals surface area (Å²) in [5, 5.41) is 6.87. The molecule has 0 amide bonds. The van der Waals surface area contributed by atoms with Crippen LogP contribution in [-0.4, -0.2) is 4.98 Å². The summed E-state index contributed by atoms with van der Waals surface area (Å²) in [5.41, 5.74) is 11.2. The molecule has 232 valence electrons. The van der Waals surface area contributed by atoms with Crippen molar-refractivity contribution in [2.45, 2.75) is 19.3 Å². The first kappa shape index (κ1) is 27.9. The van der Waals surface area contributed by atoms with E-state index in [0.717, 1.165) is 55.3 Å². The lowest BCUT2D eigenvalue weighted by Gasteiger charge is -2.28. The van der Waals surface area contributed by atoms with Crippen molar-refractivity contribution >= 4 is 60.5 Å². The van der Waals surface area contributed by atoms with Crippen LogP contribution in [0.4, 0.5) is 17.1 Å². The number of benzene rings is 8. The number of oxazole rings is 1. The van der Waals surface area contributed by atoms with E-state index in [0.29, 0.717) is 5.89 Å². The molecule has 0 aliphatic heterocycles. The molecule has 10 rings (SSSR count). The third-order valence-corrected chi connectivity index (χ3v) is 10.4. The SMILES string of the molecule is CC1(C)c2ccccc2-c2ccc(N(c3ccc4ccccc4c3)c3ccc4c5ccccc5c5oc(-c6ccccc6)nc5c4c3)cc21. The summed E-state index contributed by atoms with van der Waals surface area (Å²) in [6.07, 6.45) is 0. The standard InChI is InChI=1S/C46H32N2O/c1-46(2)41-19-11-10-17-37(41)38-25-23-34(28-42(38)46)48(32-21-20-29-12-6-7-15-31(29)26-32)33-22-24-36-35-16-8-9-18-39(35)44-43(40(36)27-33)47-45(49-44)30-13-4-3-5-14-30/h3-28H,1-2H3. The molecule has 0 bridgehead atoms. The normalized spacial score (nSPS) is 13.3.